The minimum Gasteiger partial charge on any atom is -0.444 e. The van der Waals surface area contributed by atoms with E-state index in [1.165, 1.54) is 6.07 Å². The Morgan fingerprint density at radius 1 is 1.42 bits per heavy atom. The first-order valence-electron chi connectivity index (χ1n) is 5.56. The summed E-state index contributed by atoms with van der Waals surface area (Å²) < 4.78 is 5.20. The van der Waals surface area contributed by atoms with Gasteiger partial charge in [0.05, 0.1) is 5.69 Å². The molecule has 0 aromatic heterocycles. The normalized spacial score (nSPS) is 10.7. The van der Waals surface area contributed by atoms with Crippen molar-refractivity contribution in [3.8, 4) is 0 Å². The topological polar surface area (TPSA) is 79.2 Å². The van der Waals surface area contributed by atoms with Gasteiger partial charge in [-0.3, -0.25) is 15.5 Å². The number of carbonyl (C=O) groups excluding carboxylic acids is 2. The largest absolute Gasteiger partial charge is 0.444 e. The Morgan fingerprint density at radius 2 is 2.05 bits per heavy atom. The van der Waals surface area contributed by atoms with E-state index in [4.69, 9.17) is 10.1 Å². The molecular formula is C13H15BrN2O3. The number of benzene rings is 1. The van der Waals surface area contributed by atoms with E-state index >= 15 is 0 Å². The number of ether oxygens (including phenoxy) is 1. The fourth-order valence-electron chi connectivity index (χ4n) is 1.34. The standard InChI is InChI=1S/C13H15BrN2O3/c1-13(2,3)19-12(18)16-10-5-4-8(7-17)6-9(10)11(14)15/h4-7,15H,1-3H3,(H,16,18). The molecule has 2 N–H and O–H groups in total. The summed E-state index contributed by atoms with van der Waals surface area (Å²) in [5.74, 6) is 0. The molecule has 1 aromatic carbocycles. The minimum atomic E-state index is -0.610. The van der Waals surface area contributed by atoms with Gasteiger partial charge < -0.3 is 4.74 Å². The smallest absolute Gasteiger partial charge is 0.412 e. The maximum Gasteiger partial charge on any atom is 0.412 e. The molecule has 0 unspecified atom stereocenters. The number of halogens is 1. The predicted octanol–water partition coefficient (Wildman–Crippen LogP) is 3.57. The van der Waals surface area contributed by atoms with Gasteiger partial charge in [-0.05, 0) is 54.9 Å². The van der Waals surface area contributed by atoms with Crippen molar-refractivity contribution in [3.63, 3.8) is 0 Å². The predicted molar refractivity (Wildman–Crippen MR) is 77.4 cm³/mol. The second-order valence-corrected chi connectivity index (χ2v) is 5.66. The molecule has 0 spiro atoms. The molecule has 0 bridgehead atoms. The van der Waals surface area contributed by atoms with Crippen LogP contribution in [0.15, 0.2) is 18.2 Å². The fourth-order valence-corrected chi connectivity index (χ4v) is 1.67. The highest BCUT2D eigenvalue weighted by molar-refractivity contribution is 9.18. The van der Waals surface area contributed by atoms with Crippen molar-refractivity contribution in [2.24, 2.45) is 0 Å². The van der Waals surface area contributed by atoms with Gasteiger partial charge in [0, 0.05) is 11.1 Å². The summed E-state index contributed by atoms with van der Waals surface area (Å²) in [7, 11) is 0. The zero-order valence-electron chi connectivity index (χ0n) is 10.9. The monoisotopic (exact) mass is 326 g/mol. The molecule has 6 heteroatoms. The summed E-state index contributed by atoms with van der Waals surface area (Å²) in [6.45, 7) is 5.28. The van der Waals surface area contributed by atoms with Gasteiger partial charge in [-0.15, -0.1) is 0 Å². The molecule has 0 aliphatic heterocycles. The van der Waals surface area contributed by atoms with Crippen LogP contribution in [-0.4, -0.2) is 22.6 Å². The number of rotatable bonds is 3. The van der Waals surface area contributed by atoms with Gasteiger partial charge >= 0.3 is 6.09 Å². The van der Waals surface area contributed by atoms with E-state index < -0.39 is 11.7 Å². The van der Waals surface area contributed by atoms with Crippen molar-refractivity contribution in [1.82, 2.24) is 0 Å². The summed E-state index contributed by atoms with van der Waals surface area (Å²) in [5, 5.41) is 10.1. The zero-order valence-corrected chi connectivity index (χ0v) is 12.5. The number of aldehydes is 1. The molecule has 19 heavy (non-hydrogen) atoms. The van der Waals surface area contributed by atoms with Crippen LogP contribution in [0.4, 0.5) is 10.5 Å². The van der Waals surface area contributed by atoms with Crippen molar-refractivity contribution in [3.05, 3.63) is 29.3 Å². The first kappa shape index (κ1) is 15.4. The second kappa shape index (κ2) is 5.97. The van der Waals surface area contributed by atoms with Crippen LogP contribution in [-0.2, 0) is 4.74 Å². The molecule has 0 atom stereocenters. The Morgan fingerprint density at radius 3 is 2.53 bits per heavy atom. The van der Waals surface area contributed by atoms with Crippen LogP contribution in [0.3, 0.4) is 0 Å². The van der Waals surface area contributed by atoms with Crippen molar-refractivity contribution in [1.29, 1.82) is 5.41 Å². The molecule has 1 rings (SSSR count). The first-order chi connectivity index (χ1) is 8.73. The highest BCUT2D eigenvalue weighted by Gasteiger charge is 2.17. The molecule has 0 aliphatic carbocycles. The average molecular weight is 327 g/mol. The van der Waals surface area contributed by atoms with Crippen molar-refractivity contribution < 1.29 is 14.3 Å². The van der Waals surface area contributed by atoms with Gasteiger partial charge in [-0.2, -0.15) is 0 Å². The van der Waals surface area contributed by atoms with Crippen molar-refractivity contribution in [2.45, 2.75) is 26.4 Å². The number of hydrogen-bond acceptors (Lipinski definition) is 4. The Balaban J connectivity index is 2.98. The summed E-state index contributed by atoms with van der Waals surface area (Å²) in [4.78, 5) is 22.4. The lowest BCUT2D eigenvalue weighted by atomic mass is 10.1. The lowest BCUT2D eigenvalue weighted by Gasteiger charge is -2.20. The van der Waals surface area contributed by atoms with Crippen LogP contribution in [0.1, 0.15) is 36.7 Å². The van der Waals surface area contributed by atoms with Gasteiger partial charge in [0.2, 0.25) is 0 Å². The maximum atomic E-state index is 11.7. The number of hydrogen-bond donors (Lipinski definition) is 2. The molecule has 0 fully saturated rings. The molecule has 1 amide bonds. The van der Waals surface area contributed by atoms with E-state index in [0.29, 0.717) is 23.1 Å². The summed E-state index contributed by atoms with van der Waals surface area (Å²) in [5.41, 5.74) is 0.639. The molecule has 0 aliphatic rings. The zero-order chi connectivity index (χ0) is 14.6. The van der Waals surface area contributed by atoms with Gasteiger partial charge in [0.1, 0.15) is 16.5 Å². The fraction of sp³-hybridized carbons (Fsp3) is 0.308. The molecule has 0 saturated carbocycles. The number of carbonyl (C=O) groups is 2. The maximum absolute atomic E-state index is 11.7. The van der Waals surface area contributed by atoms with Crippen LogP contribution < -0.4 is 5.32 Å². The number of anilines is 1. The van der Waals surface area contributed by atoms with Crippen molar-refractivity contribution in [2.75, 3.05) is 5.32 Å². The van der Waals surface area contributed by atoms with E-state index in [2.05, 4.69) is 21.2 Å². The van der Waals surface area contributed by atoms with E-state index in [9.17, 15) is 9.59 Å². The van der Waals surface area contributed by atoms with Gasteiger partial charge in [-0.25, -0.2) is 4.79 Å². The van der Waals surface area contributed by atoms with E-state index in [1.54, 1.807) is 32.9 Å². The molecule has 0 radical (unpaired) electrons. The lowest BCUT2D eigenvalue weighted by Crippen LogP contribution is -2.27. The molecule has 5 nitrogen and oxygen atoms in total. The highest BCUT2D eigenvalue weighted by Crippen LogP contribution is 2.21. The minimum absolute atomic E-state index is 0.0715. The first-order valence-corrected chi connectivity index (χ1v) is 6.36. The lowest BCUT2D eigenvalue weighted by molar-refractivity contribution is 0.0636. The third-order valence-corrected chi connectivity index (χ3v) is 2.48. The molecular weight excluding hydrogens is 312 g/mol. The van der Waals surface area contributed by atoms with Crippen LogP contribution in [0.25, 0.3) is 0 Å². The summed E-state index contributed by atoms with van der Waals surface area (Å²) in [6, 6.07) is 4.62. The van der Waals surface area contributed by atoms with Crippen LogP contribution in [0.5, 0.6) is 0 Å². The SMILES string of the molecule is CC(C)(C)OC(=O)Nc1ccc(C=O)cc1C(=N)Br. The second-order valence-electron chi connectivity index (χ2n) is 4.86. The summed E-state index contributed by atoms with van der Waals surface area (Å²) in [6.07, 6.45) is 0.0674. The number of amides is 1. The molecule has 102 valence electrons. The molecule has 0 heterocycles. The average Bonchev–Trinajstić information content (AvgIpc) is 2.26. The van der Waals surface area contributed by atoms with E-state index in [0.717, 1.165) is 0 Å². The van der Waals surface area contributed by atoms with Crippen LogP contribution in [0.2, 0.25) is 0 Å². The quantitative estimate of drug-likeness (QED) is 0.658. The molecule has 1 aromatic rings. The Bertz CT molecular complexity index is 521. The Kier molecular flexibility index (Phi) is 4.83. The van der Waals surface area contributed by atoms with E-state index in [-0.39, 0.29) is 4.62 Å². The highest BCUT2D eigenvalue weighted by atomic mass is 79.9. The summed E-state index contributed by atoms with van der Waals surface area (Å²) >= 11 is 3.02. The Hall–Kier alpha value is -1.69. The van der Waals surface area contributed by atoms with Crippen LogP contribution >= 0.6 is 15.9 Å². The van der Waals surface area contributed by atoms with Crippen molar-refractivity contribution >= 4 is 38.6 Å². The van der Waals surface area contributed by atoms with Gasteiger partial charge in [0.25, 0.3) is 0 Å². The third-order valence-electron chi connectivity index (χ3n) is 2.05. The van der Waals surface area contributed by atoms with Gasteiger partial charge in [0.15, 0.2) is 0 Å². The number of nitrogens with one attached hydrogen (secondary N) is 2. The van der Waals surface area contributed by atoms with Crippen LogP contribution in [0, 0.1) is 5.41 Å². The molecule has 0 saturated heterocycles. The third kappa shape index (κ3) is 4.82. The van der Waals surface area contributed by atoms with E-state index in [1.807, 2.05) is 0 Å². The Labute approximate surface area is 120 Å². The van der Waals surface area contributed by atoms with Gasteiger partial charge in [-0.1, -0.05) is 0 Å².